The van der Waals surface area contributed by atoms with Crippen LogP contribution in [0.4, 0.5) is 0 Å². The quantitative estimate of drug-likeness (QED) is 0.701. The first-order valence-corrected chi connectivity index (χ1v) is 10.7. The summed E-state index contributed by atoms with van der Waals surface area (Å²) in [5, 5.41) is 1.69. The predicted molar refractivity (Wildman–Crippen MR) is 99.5 cm³/mol. The second kappa shape index (κ2) is 7.45. The van der Waals surface area contributed by atoms with E-state index in [9.17, 15) is 0 Å². The second-order valence-corrected chi connectivity index (χ2v) is 10.3. The van der Waals surface area contributed by atoms with Gasteiger partial charge in [-0.15, -0.1) is 0 Å². The Morgan fingerprint density at radius 3 is 2.27 bits per heavy atom. The van der Waals surface area contributed by atoms with Crippen molar-refractivity contribution >= 4 is 13.2 Å². The molecule has 0 spiro atoms. The van der Waals surface area contributed by atoms with Gasteiger partial charge in [-0.05, 0) is 69.2 Å². The topological polar surface area (TPSA) is 3.24 Å². The van der Waals surface area contributed by atoms with Crippen molar-refractivity contribution in [1.82, 2.24) is 4.90 Å². The normalized spacial score (nSPS) is 29.1. The van der Waals surface area contributed by atoms with Gasteiger partial charge in [0.05, 0.1) is 0 Å². The van der Waals surface area contributed by atoms with E-state index < -0.39 is 0 Å². The molecule has 122 valence electrons. The van der Waals surface area contributed by atoms with E-state index in [-0.39, 0.29) is 7.92 Å². The fourth-order valence-electron chi connectivity index (χ4n) is 4.72. The molecule has 1 aromatic rings. The monoisotopic (exact) mass is 317 g/mol. The fraction of sp³-hybridized carbons (Fsp3) is 0.700. The van der Waals surface area contributed by atoms with E-state index in [1.807, 2.05) is 0 Å². The second-order valence-electron chi connectivity index (χ2n) is 7.55. The summed E-state index contributed by atoms with van der Waals surface area (Å²) >= 11 is 0. The molecule has 2 saturated carbocycles. The first kappa shape index (κ1) is 16.5. The molecule has 0 bridgehead atoms. The molecule has 4 atom stereocenters. The molecule has 3 rings (SSSR count). The molecular weight excluding hydrogens is 285 g/mol. The van der Waals surface area contributed by atoms with Crippen LogP contribution >= 0.6 is 7.92 Å². The molecule has 0 saturated heterocycles. The molecule has 2 aliphatic rings. The van der Waals surface area contributed by atoms with E-state index in [2.05, 4.69) is 56.3 Å². The maximum atomic E-state index is 2.45. The van der Waals surface area contributed by atoms with Crippen LogP contribution in [0.5, 0.6) is 0 Å². The van der Waals surface area contributed by atoms with Gasteiger partial charge in [-0.1, -0.05) is 57.5 Å². The Balaban J connectivity index is 1.88. The van der Waals surface area contributed by atoms with Crippen LogP contribution < -0.4 is 5.30 Å². The standard InChI is InChI=1S/C20H32NP/c1-16(21(2)3)19-14-9-15-20(19)22(18-12-7-8-13-18)17-10-5-4-6-11-17/h4-6,10-11,16,18-20H,7-9,12-15H2,1-3H3/t16-,19-,20-,22-/m1/s1. The molecule has 0 unspecified atom stereocenters. The summed E-state index contributed by atoms with van der Waals surface area (Å²) in [7, 11) is 4.55. The average Bonchev–Trinajstić information content (AvgIpc) is 3.20. The largest absolute Gasteiger partial charge is 0.306 e. The van der Waals surface area contributed by atoms with Crippen molar-refractivity contribution < 1.29 is 0 Å². The number of rotatable bonds is 5. The molecule has 22 heavy (non-hydrogen) atoms. The van der Waals surface area contributed by atoms with E-state index in [1.165, 1.54) is 44.9 Å². The average molecular weight is 317 g/mol. The zero-order valence-corrected chi connectivity index (χ0v) is 15.4. The van der Waals surface area contributed by atoms with Crippen molar-refractivity contribution in [3.8, 4) is 0 Å². The Morgan fingerprint density at radius 1 is 0.955 bits per heavy atom. The van der Waals surface area contributed by atoms with Gasteiger partial charge < -0.3 is 4.90 Å². The van der Waals surface area contributed by atoms with Crippen LogP contribution in [0, 0.1) is 5.92 Å². The smallest absolute Gasteiger partial charge is 0.00952 e. The highest BCUT2D eigenvalue weighted by atomic mass is 31.1. The van der Waals surface area contributed by atoms with Crippen LogP contribution in [0.1, 0.15) is 51.9 Å². The molecule has 0 aromatic heterocycles. The fourth-order valence-corrected chi connectivity index (χ4v) is 8.77. The molecule has 1 nitrogen and oxygen atoms in total. The van der Waals surface area contributed by atoms with Crippen molar-refractivity contribution in [3.63, 3.8) is 0 Å². The molecule has 0 amide bonds. The summed E-state index contributed by atoms with van der Waals surface area (Å²) in [6.45, 7) is 2.45. The summed E-state index contributed by atoms with van der Waals surface area (Å²) in [5.41, 5.74) is 1.95. The van der Waals surface area contributed by atoms with E-state index in [1.54, 1.807) is 5.30 Å². The molecular formula is C20H32NP. The highest BCUT2D eigenvalue weighted by Crippen LogP contribution is 2.58. The molecule has 0 N–H and O–H groups in total. The molecule has 2 aliphatic carbocycles. The van der Waals surface area contributed by atoms with Crippen LogP contribution in [0.3, 0.4) is 0 Å². The van der Waals surface area contributed by atoms with Gasteiger partial charge in [-0.2, -0.15) is 0 Å². The Bertz CT molecular complexity index is 452. The summed E-state index contributed by atoms with van der Waals surface area (Å²) < 4.78 is 0. The van der Waals surface area contributed by atoms with Gasteiger partial charge in [0.2, 0.25) is 0 Å². The van der Waals surface area contributed by atoms with Crippen LogP contribution in [0.25, 0.3) is 0 Å². The lowest BCUT2D eigenvalue weighted by molar-refractivity contribution is 0.232. The minimum absolute atomic E-state index is 0.0188. The SMILES string of the molecule is C[C@H]([C@H]1CCC[C@H]1[P@](c1ccccc1)C1CCCC1)N(C)C. The van der Waals surface area contributed by atoms with Crippen molar-refractivity contribution in [2.24, 2.45) is 5.92 Å². The van der Waals surface area contributed by atoms with Crippen molar-refractivity contribution in [1.29, 1.82) is 0 Å². The first-order chi connectivity index (χ1) is 10.7. The molecule has 0 radical (unpaired) electrons. The Hall–Kier alpha value is -0.390. The summed E-state index contributed by atoms with van der Waals surface area (Å²) in [4.78, 5) is 2.45. The number of benzene rings is 1. The zero-order valence-electron chi connectivity index (χ0n) is 14.5. The van der Waals surface area contributed by atoms with Crippen molar-refractivity contribution in [2.45, 2.75) is 69.2 Å². The van der Waals surface area contributed by atoms with E-state index in [0.717, 1.165) is 23.3 Å². The number of hydrogen-bond acceptors (Lipinski definition) is 1. The van der Waals surface area contributed by atoms with E-state index in [0.29, 0.717) is 0 Å². The van der Waals surface area contributed by atoms with Gasteiger partial charge in [0.25, 0.3) is 0 Å². The minimum atomic E-state index is 0.0188. The first-order valence-electron chi connectivity index (χ1n) is 9.18. The summed E-state index contributed by atoms with van der Waals surface area (Å²) in [6.07, 6.45) is 10.3. The molecule has 2 fully saturated rings. The summed E-state index contributed by atoms with van der Waals surface area (Å²) in [6, 6.07) is 12.3. The third-order valence-electron chi connectivity index (χ3n) is 6.10. The third kappa shape index (κ3) is 3.41. The number of hydrogen-bond donors (Lipinski definition) is 0. The molecule has 0 heterocycles. The Morgan fingerprint density at radius 2 is 1.64 bits per heavy atom. The lowest BCUT2D eigenvalue weighted by Gasteiger charge is -2.38. The van der Waals surface area contributed by atoms with E-state index >= 15 is 0 Å². The Kier molecular flexibility index (Phi) is 5.58. The van der Waals surface area contributed by atoms with Crippen molar-refractivity contribution in [3.05, 3.63) is 30.3 Å². The number of nitrogens with zero attached hydrogens (tertiary/aromatic N) is 1. The maximum Gasteiger partial charge on any atom is 0.00952 e. The van der Waals surface area contributed by atoms with E-state index in [4.69, 9.17) is 0 Å². The molecule has 2 heteroatoms. The van der Waals surface area contributed by atoms with Gasteiger partial charge >= 0.3 is 0 Å². The van der Waals surface area contributed by atoms with Crippen LogP contribution in [0.15, 0.2) is 30.3 Å². The zero-order chi connectivity index (χ0) is 15.5. The third-order valence-corrected chi connectivity index (χ3v) is 9.65. The molecule has 1 aromatic carbocycles. The van der Waals surface area contributed by atoms with Gasteiger partial charge in [0.1, 0.15) is 0 Å². The molecule has 0 aliphatic heterocycles. The van der Waals surface area contributed by atoms with Crippen LogP contribution in [-0.4, -0.2) is 36.4 Å². The summed E-state index contributed by atoms with van der Waals surface area (Å²) in [5.74, 6) is 0.905. The highest BCUT2D eigenvalue weighted by Gasteiger charge is 2.41. The lowest BCUT2D eigenvalue weighted by Crippen LogP contribution is -2.37. The van der Waals surface area contributed by atoms with Gasteiger partial charge in [-0.3, -0.25) is 0 Å². The predicted octanol–water partition coefficient (Wildman–Crippen LogP) is 4.86. The van der Waals surface area contributed by atoms with Crippen LogP contribution in [-0.2, 0) is 0 Å². The van der Waals surface area contributed by atoms with Crippen molar-refractivity contribution in [2.75, 3.05) is 14.1 Å². The Labute approximate surface area is 138 Å². The van der Waals surface area contributed by atoms with Gasteiger partial charge in [0.15, 0.2) is 0 Å². The lowest BCUT2D eigenvalue weighted by atomic mass is 9.98. The van der Waals surface area contributed by atoms with Gasteiger partial charge in [0, 0.05) is 6.04 Å². The maximum absolute atomic E-state index is 2.45. The van der Waals surface area contributed by atoms with Crippen LogP contribution in [0.2, 0.25) is 0 Å². The highest BCUT2D eigenvalue weighted by molar-refractivity contribution is 7.67. The minimum Gasteiger partial charge on any atom is -0.306 e. The van der Waals surface area contributed by atoms with Gasteiger partial charge in [-0.25, -0.2) is 0 Å².